The zero-order valence-electron chi connectivity index (χ0n) is 16.3. The minimum atomic E-state index is -0.609. The highest BCUT2D eigenvalue weighted by Crippen LogP contribution is 2.29. The van der Waals surface area contributed by atoms with E-state index in [1.807, 2.05) is 36.4 Å². The van der Waals surface area contributed by atoms with Gasteiger partial charge in [-0.25, -0.2) is 0 Å². The van der Waals surface area contributed by atoms with E-state index in [1.54, 1.807) is 20.1 Å². The number of ether oxygens (including phenoxy) is 1. The van der Waals surface area contributed by atoms with Gasteiger partial charge in [0.1, 0.15) is 11.8 Å². The molecule has 3 rings (SSSR count). The summed E-state index contributed by atoms with van der Waals surface area (Å²) in [5.41, 5.74) is 3.35. The average Bonchev–Trinajstić information content (AvgIpc) is 2.73. The van der Waals surface area contributed by atoms with Gasteiger partial charge in [0.05, 0.1) is 13.2 Å². The van der Waals surface area contributed by atoms with E-state index in [4.69, 9.17) is 4.74 Å². The molecule has 0 aromatic heterocycles. The van der Waals surface area contributed by atoms with Crippen LogP contribution >= 0.6 is 0 Å². The lowest BCUT2D eigenvalue weighted by Crippen LogP contribution is -2.45. The molecule has 0 saturated carbocycles. The summed E-state index contributed by atoms with van der Waals surface area (Å²) < 4.78 is 5.11. The van der Waals surface area contributed by atoms with Crippen LogP contribution in [0.5, 0.6) is 5.75 Å². The molecule has 5 nitrogen and oxygen atoms in total. The predicted octanol–water partition coefficient (Wildman–Crippen LogP) is 3.41. The highest BCUT2D eigenvalue weighted by atomic mass is 16.5. The summed E-state index contributed by atoms with van der Waals surface area (Å²) in [5, 5.41) is 5.80. The second-order valence-electron chi connectivity index (χ2n) is 6.99. The molecule has 0 saturated heterocycles. The molecule has 0 fully saturated rings. The maximum atomic E-state index is 12.5. The van der Waals surface area contributed by atoms with Gasteiger partial charge in [-0.1, -0.05) is 36.4 Å². The van der Waals surface area contributed by atoms with Crippen molar-refractivity contribution in [2.24, 2.45) is 0 Å². The predicted molar refractivity (Wildman–Crippen MR) is 110 cm³/mol. The summed E-state index contributed by atoms with van der Waals surface area (Å²) >= 11 is 0. The van der Waals surface area contributed by atoms with Gasteiger partial charge in [0.2, 0.25) is 11.8 Å². The van der Waals surface area contributed by atoms with Crippen LogP contribution in [0.1, 0.15) is 42.5 Å². The molecule has 5 heteroatoms. The van der Waals surface area contributed by atoms with Crippen LogP contribution in [0.25, 0.3) is 6.08 Å². The number of carbonyl (C=O) groups is 2. The van der Waals surface area contributed by atoms with Crippen LogP contribution in [0.2, 0.25) is 0 Å². The summed E-state index contributed by atoms with van der Waals surface area (Å²) in [6.45, 7) is 1.70. The van der Waals surface area contributed by atoms with Crippen LogP contribution in [0, 0.1) is 0 Å². The first-order chi connectivity index (χ1) is 13.6. The minimum Gasteiger partial charge on any atom is -0.497 e. The van der Waals surface area contributed by atoms with Crippen molar-refractivity contribution in [3.63, 3.8) is 0 Å². The topological polar surface area (TPSA) is 67.4 Å². The van der Waals surface area contributed by atoms with Gasteiger partial charge in [0, 0.05) is 6.08 Å². The number of nitrogens with one attached hydrogen (secondary N) is 2. The number of hydrogen-bond donors (Lipinski definition) is 2. The first kappa shape index (κ1) is 19.7. The zero-order valence-corrected chi connectivity index (χ0v) is 16.3. The Bertz CT molecular complexity index is 858. The summed E-state index contributed by atoms with van der Waals surface area (Å²) in [6.07, 6.45) is 6.15. The number of amides is 2. The van der Waals surface area contributed by atoms with Crippen molar-refractivity contribution in [1.29, 1.82) is 0 Å². The van der Waals surface area contributed by atoms with Crippen LogP contribution in [-0.2, 0) is 16.0 Å². The molecule has 0 spiro atoms. The van der Waals surface area contributed by atoms with Crippen molar-refractivity contribution in [3.8, 4) is 5.75 Å². The lowest BCUT2D eigenvalue weighted by Gasteiger charge is -2.27. The maximum Gasteiger partial charge on any atom is 0.244 e. The van der Waals surface area contributed by atoms with Gasteiger partial charge in [0.25, 0.3) is 0 Å². The zero-order chi connectivity index (χ0) is 19.9. The molecule has 2 amide bonds. The monoisotopic (exact) mass is 378 g/mol. The molecular formula is C23H26N2O3. The van der Waals surface area contributed by atoms with E-state index in [1.165, 1.54) is 17.2 Å². The molecule has 146 valence electrons. The summed E-state index contributed by atoms with van der Waals surface area (Å²) in [4.78, 5) is 24.7. The summed E-state index contributed by atoms with van der Waals surface area (Å²) in [6, 6.07) is 15.0. The molecule has 0 aliphatic heterocycles. The van der Waals surface area contributed by atoms with Gasteiger partial charge in [-0.3, -0.25) is 9.59 Å². The molecule has 2 atom stereocenters. The highest BCUT2D eigenvalue weighted by molar-refractivity contribution is 5.95. The van der Waals surface area contributed by atoms with E-state index in [0.29, 0.717) is 0 Å². The van der Waals surface area contributed by atoms with Crippen molar-refractivity contribution in [3.05, 3.63) is 71.3 Å². The number of rotatable bonds is 6. The van der Waals surface area contributed by atoms with E-state index in [-0.39, 0.29) is 17.9 Å². The number of hydrogen-bond acceptors (Lipinski definition) is 3. The van der Waals surface area contributed by atoms with Crippen LogP contribution in [0.4, 0.5) is 0 Å². The molecule has 0 radical (unpaired) electrons. The van der Waals surface area contributed by atoms with Crippen molar-refractivity contribution in [2.75, 3.05) is 7.11 Å². The number of fused-ring (bicyclic) bond motifs is 1. The van der Waals surface area contributed by atoms with Gasteiger partial charge in [-0.05, 0) is 61.1 Å². The molecule has 2 aromatic rings. The normalized spacial score (nSPS) is 16.9. The van der Waals surface area contributed by atoms with Gasteiger partial charge in [-0.2, -0.15) is 0 Å². The smallest absolute Gasteiger partial charge is 0.244 e. The highest BCUT2D eigenvalue weighted by Gasteiger charge is 2.23. The summed E-state index contributed by atoms with van der Waals surface area (Å²) in [5.74, 6) is 0.284. The molecule has 28 heavy (non-hydrogen) atoms. The SMILES string of the molecule is COc1ccc(/C=C/C(=O)NC(C)C(=O)NC2CCCc3ccccc32)cc1. The molecule has 2 N–H and O–H groups in total. The lowest BCUT2D eigenvalue weighted by molar-refractivity contribution is -0.127. The van der Waals surface area contributed by atoms with Gasteiger partial charge >= 0.3 is 0 Å². The Kier molecular flexibility index (Phi) is 6.48. The fraction of sp³-hybridized carbons (Fsp3) is 0.304. The Balaban J connectivity index is 1.54. The van der Waals surface area contributed by atoms with Crippen molar-refractivity contribution in [2.45, 2.75) is 38.3 Å². The number of aryl methyl sites for hydroxylation is 1. The first-order valence-corrected chi connectivity index (χ1v) is 9.57. The maximum absolute atomic E-state index is 12.5. The van der Waals surface area contributed by atoms with Gasteiger partial charge in [0.15, 0.2) is 0 Å². The van der Waals surface area contributed by atoms with Crippen molar-refractivity contribution in [1.82, 2.24) is 10.6 Å². The molecule has 2 aromatic carbocycles. The Labute approximate surface area is 165 Å². The quantitative estimate of drug-likeness (QED) is 0.757. The van der Waals surface area contributed by atoms with Gasteiger partial charge in [-0.15, -0.1) is 0 Å². The van der Waals surface area contributed by atoms with E-state index >= 15 is 0 Å². The third-order valence-corrected chi connectivity index (χ3v) is 4.98. The van der Waals surface area contributed by atoms with E-state index < -0.39 is 6.04 Å². The van der Waals surface area contributed by atoms with Crippen LogP contribution in [-0.4, -0.2) is 25.0 Å². The lowest BCUT2D eigenvalue weighted by atomic mass is 9.87. The fourth-order valence-electron chi connectivity index (χ4n) is 3.41. The van der Waals surface area contributed by atoms with E-state index in [0.717, 1.165) is 30.6 Å². The van der Waals surface area contributed by atoms with Crippen LogP contribution in [0.3, 0.4) is 0 Å². The number of benzene rings is 2. The summed E-state index contributed by atoms with van der Waals surface area (Å²) in [7, 11) is 1.61. The largest absolute Gasteiger partial charge is 0.497 e. The van der Waals surface area contributed by atoms with Crippen LogP contribution < -0.4 is 15.4 Å². The first-order valence-electron chi connectivity index (χ1n) is 9.57. The molecule has 0 bridgehead atoms. The third-order valence-electron chi connectivity index (χ3n) is 4.98. The average molecular weight is 378 g/mol. The molecule has 0 heterocycles. The second kappa shape index (κ2) is 9.22. The van der Waals surface area contributed by atoms with Crippen molar-refractivity contribution >= 4 is 17.9 Å². The Hall–Kier alpha value is -3.08. The molecule has 1 aliphatic rings. The molecule has 2 unspecified atom stereocenters. The van der Waals surface area contributed by atoms with E-state index in [2.05, 4.69) is 22.8 Å². The van der Waals surface area contributed by atoms with Gasteiger partial charge < -0.3 is 15.4 Å². The standard InChI is InChI=1S/C23H26N2O3/c1-16(24-22(26)15-12-17-10-13-19(28-2)14-11-17)23(27)25-21-9-5-7-18-6-3-4-8-20(18)21/h3-4,6,8,10-16,21H,5,7,9H2,1-2H3,(H,24,26)(H,25,27)/b15-12+. The Morgan fingerprint density at radius 2 is 1.89 bits per heavy atom. The van der Waals surface area contributed by atoms with E-state index in [9.17, 15) is 9.59 Å². The Morgan fingerprint density at radius 3 is 2.64 bits per heavy atom. The van der Waals surface area contributed by atoms with Crippen molar-refractivity contribution < 1.29 is 14.3 Å². The minimum absolute atomic E-state index is 0.00615. The third kappa shape index (κ3) is 5.00. The second-order valence-corrected chi connectivity index (χ2v) is 6.99. The fourth-order valence-corrected chi connectivity index (χ4v) is 3.41. The molecular weight excluding hydrogens is 352 g/mol. The van der Waals surface area contributed by atoms with Crippen LogP contribution in [0.15, 0.2) is 54.6 Å². The Morgan fingerprint density at radius 1 is 1.14 bits per heavy atom. The number of carbonyl (C=O) groups excluding carboxylic acids is 2. The number of methoxy groups -OCH3 is 1. The molecule has 1 aliphatic carbocycles.